The zero-order valence-corrected chi connectivity index (χ0v) is 15.3. The van der Waals surface area contributed by atoms with Gasteiger partial charge in [0.15, 0.2) is 0 Å². The van der Waals surface area contributed by atoms with E-state index < -0.39 is 0 Å². The van der Waals surface area contributed by atoms with E-state index in [-0.39, 0.29) is 5.54 Å². The van der Waals surface area contributed by atoms with E-state index in [4.69, 9.17) is 10.5 Å². The summed E-state index contributed by atoms with van der Waals surface area (Å²) in [7, 11) is 1.71. The first-order valence-corrected chi connectivity index (χ1v) is 8.64. The minimum absolute atomic E-state index is 0.0728. The lowest BCUT2D eigenvalue weighted by Gasteiger charge is -2.42. The zero-order chi connectivity index (χ0) is 15.7. The summed E-state index contributed by atoms with van der Waals surface area (Å²) in [5, 5.41) is 0. The van der Waals surface area contributed by atoms with Crippen LogP contribution in [0.25, 0.3) is 0 Å². The number of methoxy groups -OCH3 is 1. The molecule has 0 bridgehead atoms. The molecule has 0 radical (unpaired) electrons. The second kappa shape index (κ2) is 6.29. The van der Waals surface area contributed by atoms with Crippen LogP contribution in [0.2, 0.25) is 0 Å². The van der Waals surface area contributed by atoms with Gasteiger partial charge in [0.05, 0.1) is 7.11 Å². The Morgan fingerprint density at radius 3 is 2.43 bits per heavy atom. The van der Waals surface area contributed by atoms with Crippen LogP contribution >= 0.6 is 15.9 Å². The first kappa shape index (κ1) is 16.8. The van der Waals surface area contributed by atoms with Crippen LogP contribution in [0, 0.1) is 11.3 Å². The predicted molar refractivity (Wildman–Crippen MR) is 92.7 cm³/mol. The third kappa shape index (κ3) is 4.23. The lowest BCUT2D eigenvalue weighted by molar-refractivity contribution is 0.134. The molecule has 0 heterocycles. The molecule has 0 aliphatic heterocycles. The van der Waals surface area contributed by atoms with E-state index >= 15 is 0 Å². The fourth-order valence-electron chi connectivity index (χ4n) is 3.43. The molecule has 3 heteroatoms. The van der Waals surface area contributed by atoms with Crippen molar-refractivity contribution in [3.8, 4) is 5.75 Å². The van der Waals surface area contributed by atoms with Crippen LogP contribution in [0.5, 0.6) is 5.75 Å². The molecule has 21 heavy (non-hydrogen) atoms. The number of ether oxygens (including phenoxy) is 1. The third-order valence-corrected chi connectivity index (χ3v) is 5.78. The summed E-state index contributed by atoms with van der Waals surface area (Å²) >= 11 is 3.64. The third-order valence-electron chi connectivity index (χ3n) is 5.00. The zero-order valence-electron chi connectivity index (χ0n) is 13.7. The second-order valence-electron chi connectivity index (χ2n) is 7.64. The van der Waals surface area contributed by atoms with Gasteiger partial charge >= 0.3 is 0 Å². The Morgan fingerprint density at radius 2 is 1.90 bits per heavy atom. The molecule has 0 amide bonds. The van der Waals surface area contributed by atoms with Gasteiger partial charge in [0.1, 0.15) is 5.75 Å². The minimum Gasteiger partial charge on any atom is -0.497 e. The van der Waals surface area contributed by atoms with Gasteiger partial charge in [-0.05, 0) is 67.2 Å². The normalized spacial score (nSPS) is 26.7. The van der Waals surface area contributed by atoms with E-state index in [0.29, 0.717) is 5.41 Å². The molecule has 0 unspecified atom stereocenters. The molecule has 0 aromatic heterocycles. The second-order valence-corrected chi connectivity index (χ2v) is 8.49. The van der Waals surface area contributed by atoms with Crippen molar-refractivity contribution in [1.82, 2.24) is 0 Å². The van der Waals surface area contributed by atoms with Crippen LogP contribution in [-0.4, -0.2) is 12.6 Å². The molecule has 0 spiro atoms. The molecular formula is C18H28BrNO. The molecule has 1 aliphatic rings. The molecule has 1 aromatic rings. The minimum atomic E-state index is -0.0728. The fourth-order valence-corrected chi connectivity index (χ4v) is 3.82. The number of nitrogens with two attached hydrogens (primary N) is 1. The molecule has 2 nitrogen and oxygen atoms in total. The summed E-state index contributed by atoms with van der Waals surface area (Å²) in [5.41, 5.74) is 8.28. The number of hydrogen-bond acceptors (Lipinski definition) is 2. The van der Waals surface area contributed by atoms with E-state index in [1.54, 1.807) is 7.11 Å². The van der Waals surface area contributed by atoms with Gasteiger partial charge in [-0.1, -0.05) is 36.7 Å². The van der Waals surface area contributed by atoms with E-state index in [1.165, 1.54) is 18.4 Å². The molecular weight excluding hydrogens is 326 g/mol. The highest BCUT2D eigenvalue weighted by atomic mass is 79.9. The van der Waals surface area contributed by atoms with Crippen LogP contribution in [0.4, 0.5) is 0 Å². The van der Waals surface area contributed by atoms with Crippen LogP contribution in [0.3, 0.4) is 0 Å². The van der Waals surface area contributed by atoms with Crippen molar-refractivity contribution in [2.24, 2.45) is 17.1 Å². The first-order valence-electron chi connectivity index (χ1n) is 7.85. The highest BCUT2D eigenvalue weighted by Gasteiger charge is 2.36. The lowest BCUT2D eigenvalue weighted by atomic mass is 9.66. The quantitative estimate of drug-likeness (QED) is 0.835. The highest BCUT2D eigenvalue weighted by molar-refractivity contribution is 9.10. The van der Waals surface area contributed by atoms with E-state index in [2.05, 4.69) is 48.8 Å². The molecule has 1 aliphatic carbocycles. The molecule has 1 fully saturated rings. The molecule has 1 saturated carbocycles. The van der Waals surface area contributed by atoms with Gasteiger partial charge in [-0.15, -0.1) is 0 Å². The summed E-state index contributed by atoms with van der Waals surface area (Å²) in [6.07, 6.45) is 5.61. The standard InChI is InChI=1S/C18H28BrNO/c1-17(2,3)14-7-9-18(20,10-8-14)12-13-11-15(21-4)5-6-16(13)19/h5-6,11,14H,7-10,12,20H2,1-4H3. The smallest absolute Gasteiger partial charge is 0.119 e. The maximum atomic E-state index is 6.70. The maximum absolute atomic E-state index is 6.70. The van der Waals surface area contributed by atoms with E-state index in [0.717, 1.165) is 35.4 Å². The monoisotopic (exact) mass is 353 g/mol. The van der Waals surface area contributed by atoms with Crippen molar-refractivity contribution >= 4 is 15.9 Å². The SMILES string of the molecule is COc1ccc(Br)c(CC2(N)CCC(C(C)(C)C)CC2)c1. The fraction of sp³-hybridized carbons (Fsp3) is 0.667. The van der Waals surface area contributed by atoms with Gasteiger partial charge in [-0.25, -0.2) is 0 Å². The van der Waals surface area contributed by atoms with Gasteiger partial charge in [-0.3, -0.25) is 0 Å². The van der Waals surface area contributed by atoms with Crippen molar-refractivity contribution < 1.29 is 4.74 Å². The van der Waals surface area contributed by atoms with Crippen LogP contribution < -0.4 is 10.5 Å². The van der Waals surface area contributed by atoms with Gasteiger partial charge in [0.2, 0.25) is 0 Å². The van der Waals surface area contributed by atoms with Crippen LogP contribution in [-0.2, 0) is 6.42 Å². The number of benzene rings is 1. The summed E-state index contributed by atoms with van der Waals surface area (Å²) < 4.78 is 6.46. The Labute approximate surface area is 137 Å². The summed E-state index contributed by atoms with van der Waals surface area (Å²) in [5.74, 6) is 1.70. The van der Waals surface area contributed by atoms with Crippen molar-refractivity contribution in [3.63, 3.8) is 0 Å². The molecule has 2 N–H and O–H groups in total. The molecule has 2 rings (SSSR count). The summed E-state index contributed by atoms with van der Waals surface area (Å²) in [6.45, 7) is 7.04. The Kier molecular flexibility index (Phi) is 5.04. The number of rotatable bonds is 3. The Bertz CT molecular complexity index is 484. The number of halogens is 1. The van der Waals surface area contributed by atoms with Gasteiger partial charge in [-0.2, -0.15) is 0 Å². The molecule has 1 aromatic carbocycles. The molecule has 0 saturated heterocycles. The van der Waals surface area contributed by atoms with Crippen molar-refractivity contribution in [2.75, 3.05) is 7.11 Å². The van der Waals surface area contributed by atoms with Crippen LogP contribution in [0.15, 0.2) is 22.7 Å². The summed E-state index contributed by atoms with van der Waals surface area (Å²) in [4.78, 5) is 0. The van der Waals surface area contributed by atoms with E-state index in [1.807, 2.05) is 6.07 Å². The van der Waals surface area contributed by atoms with Crippen molar-refractivity contribution in [3.05, 3.63) is 28.2 Å². The molecule has 0 atom stereocenters. The largest absolute Gasteiger partial charge is 0.497 e. The van der Waals surface area contributed by atoms with Gasteiger partial charge in [0, 0.05) is 10.0 Å². The lowest BCUT2D eigenvalue weighted by Crippen LogP contribution is -2.46. The Balaban J connectivity index is 2.07. The summed E-state index contributed by atoms with van der Waals surface area (Å²) in [6, 6.07) is 6.14. The Hall–Kier alpha value is -0.540. The predicted octanol–water partition coefficient (Wildman–Crippen LogP) is 4.93. The Morgan fingerprint density at radius 1 is 1.29 bits per heavy atom. The maximum Gasteiger partial charge on any atom is 0.119 e. The number of hydrogen-bond donors (Lipinski definition) is 1. The topological polar surface area (TPSA) is 35.2 Å². The molecule has 118 valence electrons. The average Bonchev–Trinajstić information content (AvgIpc) is 2.40. The van der Waals surface area contributed by atoms with Gasteiger partial charge in [0.25, 0.3) is 0 Å². The van der Waals surface area contributed by atoms with E-state index in [9.17, 15) is 0 Å². The van der Waals surface area contributed by atoms with Crippen LogP contribution in [0.1, 0.15) is 52.0 Å². The average molecular weight is 354 g/mol. The van der Waals surface area contributed by atoms with Crippen molar-refractivity contribution in [1.29, 1.82) is 0 Å². The first-order chi connectivity index (χ1) is 9.73. The highest BCUT2D eigenvalue weighted by Crippen LogP contribution is 2.42. The van der Waals surface area contributed by atoms with Crippen molar-refractivity contribution in [2.45, 2.75) is 58.4 Å². The van der Waals surface area contributed by atoms with Gasteiger partial charge < -0.3 is 10.5 Å².